The fourth-order valence-electron chi connectivity index (χ4n) is 0.739. The van der Waals surface area contributed by atoms with Gasteiger partial charge in [-0.3, -0.25) is 4.63 Å². The van der Waals surface area contributed by atoms with E-state index in [0.29, 0.717) is 0 Å². The van der Waals surface area contributed by atoms with Crippen molar-refractivity contribution < 1.29 is 9.53 Å². The summed E-state index contributed by atoms with van der Waals surface area (Å²) in [5, 5.41) is 20.9. The van der Waals surface area contributed by atoms with Crippen LogP contribution in [0, 0.1) is 5.21 Å². The molecule has 2 heterocycles. The van der Waals surface area contributed by atoms with Gasteiger partial charge in [0.1, 0.15) is 0 Å². The average Bonchev–Trinajstić information content (AvgIpc) is 2.42. The van der Waals surface area contributed by atoms with Gasteiger partial charge in [0.15, 0.2) is 0 Å². The molecule has 8 heteroatoms. The molecule has 62 valence electrons. The monoisotopic (exact) mass is 206 g/mol. The first-order valence-corrected chi connectivity index (χ1v) is 3.53. The van der Waals surface area contributed by atoms with Crippen molar-refractivity contribution >= 4 is 34.2 Å². The highest BCUT2D eigenvalue weighted by Gasteiger charge is 2.19. The number of aromatic nitrogens is 4. The van der Waals surface area contributed by atoms with Crippen LogP contribution in [0.5, 0.6) is 0 Å². The topological polar surface area (TPSA) is 78.8 Å². The molecule has 0 saturated carbocycles. The van der Waals surface area contributed by atoms with Crippen LogP contribution in [0.25, 0.3) is 11.0 Å². The van der Waals surface area contributed by atoms with Gasteiger partial charge in [-0.2, -0.15) is 0 Å². The molecule has 0 fully saturated rings. The molecule has 0 spiro atoms. The highest BCUT2D eigenvalue weighted by molar-refractivity contribution is 6.37. The number of hydrogen-bond acceptors (Lipinski definition) is 5. The zero-order chi connectivity index (χ0) is 8.72. The quantitative estimate of drug-likeness (QED) is 0.589. The van der Waals surface area contributed by atoms with Crippen LogP contribution in [0.2, 0.25) is 10.3 Å². The maximum atomic E-state index is 10.8. The summed E-state index contributed by atoms with van der Waals surface area (Å²) in [4.78, 5) is 0.123. The summed E-state index contributed by atoms with van der Waals surface area (Å²) in [6.45, 7) is 0. The molecule has 0 bridgehead atoms. The molecule has 0 aromatic carbocycles. The molecule has 0 saturated heterocycles. The van der Waals surface area contributed by atoms with E-state index in [1.807, 2.05) is 0 Å². The zero-order valence-electron chi connectivity index (χ0n) is 5.36. The Kier molecular flexibility index (Phi) is 1.52. The lowest BCUT2D eigenvalue weighted by Gasteiger charge is -1.88. The van der Waals surface area contributed by atoms with Crippen molar-refractivity contribution in [2.75, 3.05) is 0 Å². The fraction of sp³-hybridized carbons (Fsp3) is 0. The summed E-state index contributed by atoms with van der Waals surface area (Å²) in [5.41, 5.74) is 0.0864. The van der Waals surface area contributed by atoms with Crippen LogP contribution < -0.4 is 4.90 Å². The second-order valence-electron chi connectivity index (χ2n) is 1.91. The molecule has 12 heavy (non-hydrogen) atoms. The summed E-state index contributed by atoms with van der Waals surface area (Å²) in [7, 11) is 0. The molecule has 0 N–H and O–H groups in total. The van der Waals surface area contributed by atoms with E-state index < -0.39 is 0 Å². The van der Waals surface area contributed by atoms with Gasteiger partial charge >= 0.3 is 0 Å². The van der Waals surface area contributed by atoms with E-state index in [2.05, 4.69) is 20.0 Å². The number of fused-ring (bicyclic) bond motifs is 1. The maximum absolute atomic E-state index is 10.8. The SMILES string of the molecule is [O-][n+]1onc2c(Cl)nnc(Cl)c21. The van der Waals surface area contributed by atoms with Gasteiger partial charge in [0.25, 0.3) is 11.0 Å². The number of halogens is 2. The molecule has 2 aromatic rings. The molecule has 6 nitrogen and oxygen atoms in total. The molecular weight excluding hydrogens is 207 g/mol. The molecule has 0 unspecified atom stereocenters. The first-order valence-electron chi connectivity index (χ1n) is 2.77. The highest BCUT2D eigenvalue weighted by atomic mass is 35.5. The van der Waals surface area contributed by atoms with Gasteiger partial charge in [0.05, 0.1) is 0 Å². The molecule has 2 rings (SSSR count). The van der Waals surface area contributed by atoms with Gasteiger partial charge in [-0.15, -0.1) is 10.2 Å². The molecular formula is C4Cl2N4O2. The van der Waals surface area contributed by atoms with Crippen molar-refractivity contribution in [1.82, 2.24) is 15.4 Å². The summed E-state index contributed by atoms with van der Waals surface area (Å²) in [6, 6.07) is 0. The van der Waals surface area contributed by atoms with Crippen molar-refractivity contribution in [2.24, 2.45) is 0 Å². The van der Waals surface area contributed by atoms with Gasteiger partial charge in [0, 0.05) is 5.16 Å². The van der Waals surface area contributed by atoms with Crippen LogP contribution >= 0.6 is 23.2 Å². The lowest BCUT2D eigenvalue weighted by molar-refractivity contribution is -0.782. The van der Waals surface area contributed by atoms with Crippen LogP contribution in [0.1, 0.15) is 0 Å². The summed E-state index contributed by atoms with van der Waals surface area (Å²) >= 11 is 11.1. The Hall–Kier alpha value is -1.14. The van der Waals surface area contributed by atoms with Crippen molar-refractivity contribution in [3.8, 4) is 0 Å². The Morgan fingerprint density at radius 2 is 1.92 bits per heavy atom. The number of hydrogen-bond donors (Lipinski definition) is 0. The third-order valence-electron chi connectivity index (χ3n) is 1.23. The minimum atomic E-state index is -0.0920. The fourth-order valence-corrected chi connectivity index (χ4v) is 1.10. The Bertz CT molecular complexity index is 442. The predicted octanol–water partition coefficient (Wildman–Crippen LogP) is 0.558. The van der Waals surface area contributed by atoms with Crippen molar-refractivity contribution in [3.63, 3.8) is 0 Å². The van der Waals surface area contributed by atoms with Crippen LogP contribution in [0.15, 0.2) is 4.63 Å². The van der Waals surface area contributed by atoms with Crippen LogP contribution in [-0.4, -0.2) is 15.4 Å². The molecule has 0 radical (unpaired) electrons. The van der Waals surface area contributed by atoms with Crippen LogP contribution in [0.3, 0.4) is 0 Å². The first-order chi connectivity index (χ1) is 5.70. The average molecular weight is 207 g/mol. The molecule has 0 aliphatic heterocycles. The van der Waals surface area contributed by atoms with Gasteiger partial charge in [-0.1, -0.05) is 23.2 Å². The molecule has 0 aliphatic carbocycles. The predicted molar refractivity (Wildman–Crippen MR) is 38.6 cm³/mol. The second kappa shape index (κ2) is 2.43. The molecule has 0 aliphatic rings. The minimum absolute atomic E-state index is 0.0170. The lowest BCUT2D eigenvalue weighted by atomic mass is 10.5. The molecule has 0 atom stereocenters. The van der Waals surface area contributed by atoms with Crippen molar-refractivity contribution in [2.45, 2.75) is 0 Å². The Balaban J connectivity index is 2.98. The Morgan fingerprint density at radius 3 is 2.58 bits per heavy atom. The van der Waals surface area contributed by atoms with Crippen LogP contribution in [0.4, 0.5) is 0 Å². The van der Waals surface area contributed by atoms with E-state index >= 15 is 0 Å². The number of nitrogens with zero attached hydrogens (tertiary/aromatic N) is 4. The smallest absolute Gasteiger partial charge is 0.290 e. The van der Waals surface area contributed by atoms with E-state index in [9.17, 15) is 5.21 Å². The first kappa shape index (κ1) is 7.51. The summed E-state index contributed by atoms with van der Waals surface area (Å²) in [6.07, 6.45) is 0. The van der Waals surface area contributed by atoms with Crippen molar-refractivity contribution in [3.05, 3.63) is 15.5 Å². The zero-order valence-corrected chi connectivity index (χ0v) is 6.87. The normalized spacial score (nSPS) is 10.8. The Morgan fingerprint density at radius 1 is 1.25 bits per heavy atom. The maximum Gasteiger partial charge on any atom is 0.290 e. The standard InChI is InChI=1S/C4Cl2N4O2/c5-3-1-2(4(6)8-7-3)10(11)12-9-1. The number of rotatable bonds is 0. The van der Waals surface area contributed by atoms with Crippen LogP contribution in [-0.2, 0) is 0 Å². The third kappa shape index (κ3) is 0.886. The van der Waals surface area contributed by atoms with E-state index in [1.165, 1.54) is 0 Å². The van der Waals surface area contributed by atoms with Gasteiger partial charge < -0.3 is 5.21 Å². The van der Waals surface area contributed by atoms with E-state index in [4.69, 9.17) is 23.2 Å². The third-order valence-corrected chi connectivity index (χ3v) is 1.74. The van der Waals surface area contributed by atoms with Gasteiger partial charge in [-0.05, 0) is 4.90 Å². The minimum Gasteiger partial charge on any atom is -0.359 e. The second-order valence-corrected chi connectivity index (χ2v) is 2.62. The van der Waals surface area contributed by atoms with E-state index in [1.54, 1.807) is 0 Å². The Labute approximate surface area is 75.2 Å². The summed E-state index contributed by atoms with van der Waals surface area (Å²) < 4.78 is 4.24. The lowest BCUT2D eigenvalue weighted by Crippen LogP contribution is -2.23. The largest absolute Gasteiger partial charge is 0.359 e. The van der Waals surface area contributed by atoms with Gasteiger partial charge in [-0.25, -0.2) is 0 Å². The van der Waals surface area contributed by atoms with E-state index in [-0.39, 0.29) is 26.2 Å². The van der Waals surface area contributed by atoms with Crippen molar-refractivity contribution in [1.29, 1.82) is 0 Å². The summed E-state index contributed by atoms with van der Waals surface area (Å²) in [5.74, 6) is 0. The van der Waals surface area contributed by atoms with E-state index in [0.717, 1.165) is 0 Å². The molecule has 0 amide bonds. The highest BCUT2D eigenvalue weighted by Crippen LogP contribution is 2.20. The van der Waals surface area contributed by atoms with Gasteiger partial charge in [0.2, 0.25) is 10.3 Å². The molecule has 2 aromatic heterocycles.